The Labute approximate surface area is 169 Å². The van der Waals surface area contributed by atoms with Crippen molar-refractivity contribution in [2.75, 3.05) is 5.75 Å². The summed E-state index contributed by atoms with van der Waals surface area (Å²) in [5, 5.41) is 3.01. The first kappa shape index (κ1) is 21.7. The molecule has 146 valence electrons. The number of hydrogen-bond donors (Lipinski definition) is 1. The number of rotatable bonds is 6. The molecule has 0 saturated heterocycles. The molecule has 27 heavy (non-hydrogen) atoms. The average Bonchev–Trinajstić information content (AvgIpc) is 2.57. The number of alkyl halides is 3. The summed E-state index contributed by atoms with van der Waals surface area (Å²) >= 11 is 9.01. The van der Waals surface area contributed by atoms with Crippen molar-refractivity contribution in [3.8, 4) is 5.75 Å². The van der Waals surface area contributed by atoms with E-state index in [1.165, 1.54) is 6.07 Å². The maximum atomic E-state index is 12.4. The van der Waals surface area contributed by atoms with E-state index in [4.69, 9.17) is 11.6 Å². The zero-order chi connectivity index (χ0) is 20.2. The molecule has 0 aromatic heterocycles. The molecule has 0 fully saturated rings. The lowest BCUT2D eigenvalue weighted by molar-refractivity contribution is -0.274. The molecular formula is C17H14BrClF3NO3S. The molecule has 2 aromatic carbocycles. The third kappa shape index (κ3) is 6.51. The van der Waals surface area contributed by atoms with Crippen LogP contribution in [0.3, 0.4) is 0 Å². The van der Waals surface area contributed by atoms with Gasteiger partial charge in [0.25, 0.3) is 5.91 Å². The molecule has 0 spiro atoms. The van der Waals surface area contributed by atoms with Gasteiger partial charge in [-0.25, -0.2) is 0 Å². The summed E-state index contributed by atoms with van der Waals surface area (Å²) in [4.78, 5) is 12.9. The number of ether oxygens (including phenoxy) is 1. The van der Waals surface area contributed by atoms with Gasteiger partial charge in [-0.15, -0.1) is 13.2 Å². The first-order valence-electron chi connectivity index (χ1n) is 7.60. The summed E-state index contributed by atoms with van der Waals surface area (Å²) in [5.41, 5.74) is 0.543. The van der Waals surface area contributed by atoms with Crippen molar-refractivity contribution in [3.05, 3.63) is 57.0 Å². The zero-order valence-electron chi connectivity index (χ0n) is 13.9. The molecule has 0 bridgehead atoms. The highest BCUT2D eigenvalue weighted by Crippen LogP contribution is 2.27. The predicted octanol–water partition coefficient (Wildman–Crippen LogP) is 5.06. The topological polar surface area (TPSA) is 55.4 Å². The second-order valence-electron chi connectivity index (χ2n) is 5.29. The maximum absolute atomic E-state index is 12.4. The van der Waals surface area contributed by atoms with Crippen LogP contribution in [-0.2, 0) is 17.3 Å². The number of halogens is 5. The molecule has 2 rings (SSSR count). The van der Waals surface area contributed by atoms with E-state index in [0.717, 1.165) is 12.1 Å². The zero-order valence-corrected chi connectivity index (χ0v) is 17.1. The van der Waals surface area contributed by atoms with E-state index >= 15 is 0 Å². The SMILES string of the molecule is CCS(=O)c1ccc(Cl)cc1CNC(=O)c1cc(Br)cc(OC(F)(F)F)c1. The summed E-state index contributed by atoms with van der Waals surface area (Å²) in [6, 6.07) is 8.26. The molecule has 0 heterocycles. The highest BCUT2D eigenvalue weighted by atomic mass is 79.9. The Hall–Kier alpha value is -1.58. The summed E-state index contributed by atoms with van der Waals surface area (Å²) in [7, 11) is -1.25. The van der Waals surface area contributed by atoms with Gasteiger partial charge in [-0.05, 0) is 42.0 Å². The number of nitrogens with one attached hydrogen (secondary N) is 1. The second-order valence-corrected chi connectivity index (χ2v) is 8.35. The van der Waals surface area contributed by atoms with Crippen molar-refractivity contribution in [2.24, 2.45) is 0 Å². The summed E-state index contributed by atoms with van der Waals surface area (Å²) in [6.07, 6.45) is -4.87. The smallest absolute Gasteiger partial charge is 0.406 e. The van der Waals surface area contributed by atoms with Gasteiger partial charge in [0, 0.05) is 32.3 Å². The fourth-order valence-electron chi connectivity index (χ4n) is 2.23. The minimum atomic E-state index is -4.87. The summed E-state index contributed by atoms with van der Waals surface area (Å²) in [6.45, 7) is 1.78. The molecule has 1 N–H and O–H groups in total. The van der Waals surface area contributed by atoms with Gasteiger partial charge in [-0.3, -0.25) is 9.00 Å². The van der Waals surface area contributed by atoms with Crippen LogP contribution < -0.4 is 10.1 Å². The van der Waals surface area contributed by atoms with Crippen molar-refractivity contribution < 1.29 is 26.9 Å². The molecule has 1 amide bonds. The predicted molar refractivity (Wildman–Crippen MR) is 100 cm³/mol. The quantitative estimate of drug-likeness (QED) is 0.624. The van der Waals surface area contributed by atoms with Crippen LogP contribution in [0.2, 0.25) is 5.02 Å². The highest BCUT2D eigenvalue weighted by Gasteiger charge is 2.31. The molecule has 2 aromatic rings. The lowest BCUT2D eigenvalue weighted by Crippen LogP contribution is -2.24. The van der Waals surface area contributed by atoms with Crippen molar-refractivity contribution in [1.29, 1.82) is 0 Å². The standard InChI is InChI=1S/C17H14BrClF3NO3S/c1-2-27(25)15-4-3-13(19)6-11(15)9-23-16(24)10-5-12(18)8-14(7-10)26-17(20,21)22/h3-8H,2,9H2,1H3,(H,23,24). The lowest BCUT2D eigenvalue weighted by atomic mass is 10.2. The van der Waals surface area contributed by atoms with Crippen LogP contribution in [0.25, 0.3) is 0 Å². The molecule has 0 aliphatic rings. The number of benzene rings is 2. The molecule has 1 atom stereocenters. The largest absolute Gasteiger partial charge is 0.573 e. The Kier molecular flexibility index (Phi) is 7.30. The summed E-state index contributed by atoms with van der Waals surface area (Å²) < 4.78 is 53.4. The van der Waals surface area contributed by atoms with E-state index in [-0.39, 0.29) is 16.6 Å². The van der Waals surface area contributed by atoms with Gasteiger partial charge < -0.3 is 10.1 Å². The first-order valence-corrected chi connectivity index (χ1v) is 10.1. The molecule has 10 heteroatoms. The fourth-order valence-corrected chi connectivity index (χ4v) is 3.85. The van der Waals surface area contributed by atoms with Crippen LogP contribution in [0.4, 0.5) is 13.2 Å². The number of carbonyl (C=O) groups excluding carboxylic acids is 1. The van der Waals surface area contributed by atoms with E-state index in [0.29, 0.717) is 21.2 Å². The van der Waals surface area contributed by atoms with Gasteiger partial charge in [0.15, 0.2) is 0 Å². The van der Waals surface area contributed by atoms with Gasteiger partial charge in [0.2, 0.25) is 0 Å². The van der Waals surface area contributed by atoms with Crippen molar-refractivity contribution >= 4 is 44.2 Å². The van der Waals surface area contributed by atoms with Gasteiger partial charge in [-0.2, -0.15) is 0 Å². The molecule has 0 radical (unpaired) electrons. The third-order valence-corrected chi connectivity index (χ3v) is 5.44. The third-order valence-electron chi connectivity index (χ3n) is 3.34. The molecule has 0 aliphatic carbocycles. The number of amides is 1. The Bertz CT molecular complexity index is 877. The van der Waals surface area contributed by atoms with Crippen LogP contribution in [0, 0.1) is 0 Å². The molecule has 0 saturated carbocycles. The maximum Gasteiger partial charge on any atom is 0.573 e. The normalized spacial score (nSPS) is 12.5. The van der Waals surface area contributed by atoms with Gasteiger partial charge in [-0.1, -0.05) is 34.5 Å². The van der Waals surface area contributed by atoms with Crippen LogP contribution in [0.15, 0.2) is 45.8 Å². The van der Waals surface area contributed by atoms with Gasteiger partial charge >= 0.3 is 6.36 Å². The van der Waals surface area contributed by atoms with Crippen molar-refractivity contribution in [1.82, 2.24) is 5.32 Å². The Morgan fingerprint density at radius 1 is 1.26 bits per heavy atom. The van der Waals surface area contributed by atoms with Crippen LogP contribution >= 0.6 is 27.5 Å². The molecular weight excluding hydrogens is 471 g/mol. The molecule has 4 nitrogen and oxygen atoms in total. The lowest BCUT2D eigenvalue weighted by Gasteiger charge is -2.13. The molecule has 1 unspecified atom stereocenters. The first-order chi connectivity index (χ1) is 12.6. The average molecular weight is 485 g/mol. The van der Waals surface area contributed by atoms with Crippen LogP contribution in [-0.4, -0.2) is 22.2 Å². The van der Waals surface area contributed by atoms with Crippen molar-refractivity contribution in [2.45, 2.75) is 24.7 Å². The monoisotopic (exact) mass is 483 g/mol. The van der Waals surface area contributed by atoms with Crippen molar-refractivity contribution in [3.63, 3.8) is 0 Å². The summed E-state index contributed by atoms with van der Waals surface area (Å²) in [5.74, 6) is -0.735. The van der Waals surface area contributed by atoms with E-state index in [1.54, 1.807) is 25.1 Å². The van der Waals surface area contributed by atoms with E-state index in [9.17, 15) is 22.2 Å². The van der Waals surface area contributed by atoms with E-state index in [1.807, 2.05) is 0 Å². The second kappa shape index (κ2) is 9.07. The Morgan fingerprint density at radius 2 is 1.96 bits per heavy atom. The highest BCUT2D eigenvalue weighted by molar-refractivity contribution is 9.10. The van der Waals surface area contributed by atoms with Crippen LogP contribution in [0.1, 0.15) is 22.8 Å². The van der Waals surface area contributed by atoms with E-state index in [2.05, 4.69) is 26.0 Å². The molecule has 0 aliphatic heterocycles. The Balaban J connectivity index is 2.19. The Morgan fingerprint density at radius 3 is 2.59 bits per heavy atom. The van der Waals surface area contributed by atoms with Gasteiger partial charge in [0.1, 0.15) is 5.75 Å². The minimum Gasteiger partial charge on any atom is -0.406 e. The van der Waals surface area contributed by atoms with E-state index < -0.39 is 28.8 Å². The number of hydrogen-bond acceptors (Lipinski definition) is 3. The fraction of sp³-hybridized carbons (Fsp3) is 0.235. The van der Waals surface area contributed by atoms with Crippen LogP contribution in [0.5, 0.6) is 5.75 Å². The number of carbonyl (C=O) groups is 1. The minimum absolute atomic E-state index is 0.0163. The van der Waals surface area contributed by atoms with Gasteiger partial charge in [0.05, 0.1) is 10.8 Å².